The number of nitrogens with zero attached hydrogens (tertiary/aromatic N) is 16. The second-order valence-electron chi connectivity index (χ2n) is 27.7. The van der Waals surface area contributed by atoms with Gasteiger partial charge in [0, 0.05) is 50.9 Å². The fourth-order valence-corrected chi connectivity index (χ4v) is 15.5. The third-order valence-electron chi connectivity index (χ3n) is 22.6. The van der Waals surface area contributed by atoms with Crippen LogP contribution in [-0.4, -0.2) is 52.9 Å². The number of aryl methyl sites for hydroxylation is 5. The molecule has 13 rings (SSSR count). The summed E-state index contributed by atoms with van der Waals surface area (Å²) >= 11 is 0. The summed E-state index contributed by atoms with van der Waals surface area (Å²) in [5.41, 5.74) is 35.6. The van der Waals surface area contributed by atoms with E-state index in [9.17, 15) is 21.0 Å². The summed E-state index contributed by atoms with van der Waals surface area (Å²) in [6.45, 7) is 68.1. The van der Waals surface area contributed by atoms with Gasteiger partial charge in [-0.25, -0.2) is 19.4 Å². The highest BCUT2D eigenvalue weighted by Crippen LogP contribution is 2.55. The van der Waals surface area contributed by atoms with E-state index in [0.29, 0.717) is 45.0 Å². The first-order valence-corrected chi connectivity index (χ1v) is 34.7. The molecule has 4 heterocycles. The van der Waals surface area contributed by atoms with Crippen LogP contribution in [-0.2, 0) is 0 Å². The average molecular weight is 1370 g/mol. The summed E-state index contributed by atoms with van der Waals surface area (Å²) in [6, 6.07) is 45.1. The lowest BCUT2D eigenvalue weighted by Crippen LogP contribution is -2.36. The van der Waals surface area contributed by atoms with Crippen LogP contribution in [0, 0.1) is 169 Å². The van der Waals surface area contributed by atoms with Crippen LogP contribution in [0.15, 0.2) is 109 Å². The first kappa shape index (κ1) is 74.0. The van der Waals surface area contributed by atoms with E-state index >= 15 is 0 Å². The molecular formula is C88H88N16. The molecule has 9 aromatic carbocycles. The Kier molecular flexibility index (Phi) is 20.7. The van der Waals surface area contributed by atoms with Crippen molar-refractivity contribution in [2.24, 2.45) is 0 Å². The van der Waals surface area contributed by atoms with E-state index in [-0.39, 0.29) is 24.7 Å². The van der Waals surface area contributed by atoms with Crippen LogP contribution in [0.2, 0.25) is 0 Å². The Labute approximate surface area is 615 Å². The molecule has 0 radical (unpaired) electrons. The van der Waals surface area contributed by atoms with Crippen LogP contribution >= 0.6 is 0 Å². The van der Waals surface area contributed by atoms with Crippen LogP contribution in [0.5, 0.6) is 0 Å². The van der Waals surface area contributed by atoms with Crippen molar-refractivity contribution in [1.82, 2.24) is 0 Å². The predicted octanol–water partition coefficient (Wildman–Crippen LogP) is 22.2. The molecule has 0 aliphatic carbocycles. The van der Waals surface area contributed by atoms with Crippen LogP contribution in [0.3, 0.4) is 0 Å². The van der Waals surface area contributed by atoms with Gasteiger partial charge < -0.3 is 39.2 Å². The van der Waals surface area contributed by atoms with E-state index in [1.165, 1.54) is 101 Å². The van der Waals surface area contributed by atoms with Gasteiger partial charge in [0.15, 0.2) is 0 Å². The highest BCUT2D eigenvalue weighted by molar-refractivity contribution is 5.97. The number of rotatable bonds is 5. The Morgan fingerprint density at radius 1 is 0.279 bits per heavy atom. The normalized spacial score (nSPS) is 15.6. The smallest absolute Gasteiger partial charge is 0.206 e. The van der Waals surface area contributed by atoms with E-state index in [1.807, 2.05) is 70.7 Å². The van der Waals surface area contributed by atoms with Crippen molar-refractivity contribution < 1.29 is 0 Å². The van der Waals surface area contributed by atoms with Gasteiger partial charge in [-0.3, -0.25) is 0 Å². The summed E-state index contributed by atoms with van der Waals surface area (Å²) in [5.74, 6) is 0. The van der Waals surface area contributed by atoms with Crippen molar-refractivity contribution in [2.45, 2.75) is 149 Å². The minimum atomic E-state index is 0.0350. The highest BCUT2D eigenvalue weighted by atomic mass is 15.4. The zero-order valence-corrected chi connectivity index (χ0v) is 63.9. The molecule has 4 aliphatic rings. The minimum absolute atomic E-state index is 0.0350. The lowest BCUT2D eigenvalue weighted by molar-refractivity contribution is 0.730. The largest absolute Gasteiger partial charge is 0.352 e. The van der Waals surface area contributed by atoms with Gasteiger partial charge in [-0.05, 0) is 244 Å². The molecule has 104 heavy (non-hydrogen) atoms. The van der Waals surface area contributed by atoms with Gasteiger partial charge in [0.2, 0.25) is 22.7 Å². The van der Waals surface area contributed by atoms with Crippen LogP contribution in [0.4, 0.5) is 91.0 Å². The SMILES string of the molecule is [C-]#[N+]c1ccc2c(c1C#N)N(C)[C@H](C)N2c1c(C)c(C)c(C)c(C)c1C.[C-]#[N+]c1ccc2c(c1C#N)N(C)[C@H](C)N2c1c(C)c(C)cc(C)c1C.[C-]#[N+]c1ccc2c(c1C#N)N(C)[C@H](C)N2c1c(C)cc(C)c(C)c1C.[C-]#[N+]c1ccc2c(c1C#N)N(C)[C@H](C)N2c1cc(-c2ccccc2)ccc1C. The Bertz CT molecular complexity index is 5340. The summed E-state index contributed by atoms with van der Waals surface area (Å²) in [5, 5.41) is 38.6. The molecular weight excluding hydrogens is 1280 g/mol. The number of hydrogen-bond donors (Lipinski definition) is 0. The maximum absolute atomic E-state index is 9.68. The van der Waals surface area contributed by atoms with Gasteiger partial charge in [-0.1, -0.05) is 78.9 Å². The predicted molar refractivity (Wildman–Crippen MR) is 427 cm³/mol. The molecule has 0 N–H and O–H groups in total. The van der Waals surface area contributed by atoms with Crippen molar-refractivity contribution in [3.05, 3.63) is 255 Å². The van der Waals surface area contributed by atoms with E-state index < -0.39 is 0 Å². The van der Waals surface area contributed by atoms with Crippen LogP contribution in [0.25, 0.3) is 30.5 Å². The highest BCUT2D eigenvalue weighted by Gasteiger charge is 2.41. The third kappa shape index (κ3) is 12.1. The van der Waals surface area contributed by atoms with Gasteiger partial charge >= 0.3 is 0 Å². The number of benzene rings is 9. The summed E-state index contributed by atoms with van der Waals surface area (Å²) in [7, 11) is 7.96. The Balaban J connectivity index is 0.000000149. The lowest BCUT2D eigenvalue weighted by atomic mass is 9.92. The van der Waals surface area contributed by atoms with Crippen molar-refractivity contribution in [1.29, 1.82) is 21.0 Å². The zero-order valence-electron chi connectivity index (χ0n) is 63.9. The first-order valence-electron chi connectivity index (χ1n) is 34.7. The fourth-order valence-electron chi connectivity index (χ4n) is 15.5. The maximum atomic E-state index is 9.68. The van der Waals surface area contributed by atoms with Crippen molar-refractivity contribution in [3.8, 4) is 35.4 Å². The fraction of sp³-hybridized carbons (Fsp3) is 0.295. The van der Waals surface area contributed by atoms with Gasteiger partial charge in [-0.2, -0.15) is 21.0 Å². The Hall–Kier alpha value is -12.7. The topological polar surface area (TPSA) is 139 Å². The summed E-state index contributed by atoms with van der Waals surface area (Å²) in [6.07, 6.45) is 0.245. The Morgan fingerprint density at radius 2 is 0.577 bits per heavy atom. The molecule has 4 atom stereocenters. The number of nitriles is 4. The third-order valence-corrected chi connectivity index (χ3v) is 22.6. The lowest BCUT2D eigenvalue weighted by Gasteiger charge is -2.32. The van der Waals surface area contributed by atoms with Gasteiger partial charge in [0.25, 0.3) is 0 Å². The molecule has 0 aromatic heterocycles. The first-order chi connectivity index (χ1) is 49.5. The second kappa shape index (κ2) is 29.1. The number of fused-ring (bicyclic) bond motifs is 4. The standard InChI is InChI=1S/C24H20N4.C22H24N4.2C21H22N4/c1-16-10-11-19(18-8-6-5-7-9-18)14-23(16)28-17(2)27(4)24-20(15-25)21(26-3)12-13-22(24)28;1-12-13(2)15(4)21(16(5)14(12)3)26-17(6)25(8)22-18(11-23)19(24-7)9-10-20(22)26;1-12-10-13(2)20(15(4)14(12)3)25-16(5)24(7)21-17(11-22)18(23-6)8-9-19(21)25;1-12-10-13(2)15(4)20(14(12)3)25-16(5)24(7)21-17(11-22)18(23-6)8-9-19(21)25/h5-14,17H,1-2,4H3;9-10,17H,1-6,8H3;2*8-10,16H,1-5,7H3/t2*17-;2*16-/m0000/s1. The average Bonchev–Trinajstić information content (AvgIpc) is 1.59. The molecule has 4 aliphatic heterocycles. The molecule has 16 heteroatoms. The molecule has 0 saturated heterocycles. The quantitative estimate of drug-likeness (QED) is 0.152. The van der Waals surface area contributed by atoms with Crippen LogP contribution in [0.1, 0.15) is 128 Å². The number of anilines is 12. The molecule has 0 saturated carbocycles. The van der Waals surface area contributed by atoms with Crippen LogP contribution < -0.4 is 39.2 Å². The summed E-state index contributed by atoms with van der Waals surface area (Å²) < 4.78 is 0. The summed E-state index contributed by atoms with van der Waals surface area (Å²) in [4.78, 5) is 31.6. The molecule has 0 fully saturated rings. The molecule has 0 bridgehead atoms. The van der Waals surface area contributed by atoms with Crippen molar-refractivity contribution in [2.75, 3.05) is 67.4 Å². The molecule has 520 valence electrons. The van der Waals surface area contributed by atoms with Crippen molar-refractivity contribution >= 4 is 91.0 Å². The second-order valence-corrected chi connectivity index (χ2v) is 27.7. The van der Waals surface area contributed by atoms with E-state index in [2.05, 4.69) is 250 Å². The van der Waals surface area contributed by atoms with Gasteiger partial charge in [-0.15, -0.1) is 0 Å². The molecule has 0 spiro atoms. The van der Waals surface area contributed by atoms with E-state index in [1.54, 1.807) is 24.3 Å². The molecule has 16 nitrogen and oxygen atoms in total. The van der Waals surface area contributed by atoms with Gasteiger partial charge in [0.1, 0.15) is 24.7 Å². The monoisotopic (exact) mass is 1370 g/mol. The zero-order chi connectivity index (χ0) is 76.1. The van der Waals surface area contributed by atoms with Gasteiger partial charge in [0.05, 0.1) is 118 Å². The molecule has 9 aromatic rings. The molecule has 0 unspecified atom stereocenters. The molecule has 0 amide bonds. The Morgan fingerprint density at radius 3 is 0.933 bits per heavy atom. The minimum Gasteiger partial charge on any atom is -0.352 e. The van der Waals surface area contributed by atoms with Crippen molar-refractivity contribution in [3.63, 3.8) is 0 Å². The van der Waals surface area contributed by atoms with E-state index in [4.69, 9.17) is 26.3 Å². The van der Waals surface area contributed by atoms with E-state index in [0.717, 1.165) is 56.7 Å². The number of hydrogen-bond acceptors (Lipinski definition) is 12. The maximum Gasteiger partial charge on any atom is 0.206 e.